The molecule has 0 saturated carbocycles. The van der Waals surface area contributed by atoms with Crippen LogP contribution in [0.15, 0.2) is 29.6 Å². The van der Waals surface area contributed by atoms with Crippen LogP contribution in [0.2, 0.25) is 0 Å². The summed E-state index contributed by atoms with van der Waals surface area (Å²) in [5, 5.41) is 3.06. The predicted octanol–water partition coefficient (Wildman–Crippen LogP) is 2.79. The Hall–Kier alpha value is -1.39. The van der Waals surface area contributed by atoms with Crippen molar-refractivity contribution >= 4 is 11.3 Å². The van der Waals surface area contributed by atoms with E-state index in [0.29, 0.717) is 13.2 Å². The summed E-state index contributed by atoms with van der Waals surface area (Å²) < 4.78 is 5.82. The summed E-state index contributed by atoms with van der Waals surface area (Å²) >= 11 is 1.63. The van der Waals surface area contributed by atoms with E-state index in [1.54, 1.807) is 11.3 Å². The number of para-hydroxylation sites is 1. The van der Waals surface area contributed by atoms with E-state index < -0.39 is 0 Å². The van der Waals surface area contributed by atoms with E-state index in [4.69, 9.17) is 10.5 Å². The molecule has 0 aliphatic rings. The maximum absolute atomic E-state index is 5.82. The number of hydrogen-bond acceptors (Lipinski definition) is 4. The van der Waals surface area contributed by atoms with Gasteiger partial charge in [-0.25, -0.2) is 4.98 Å². The Morgan fingerprint density at radius 3 is 2.94 bits per heavy atom. The highest BCUT2D eigenvalue weighted by Gasteiger charge is 2.04. The topological polar surface area (TPSA) is 48.1 Å². The van der Waals surface area contributed by atoms with Crippen LogP contribution in [0.4, 0.5) is 0 Å². The van der Waals surface area contributed by atoms with E-state index in [0.717, 1.165) is 29.3 Å². The molecule has 96 valence electrons. The van der Waals surface area contributed by atoms with Crippen molar-refractivity contribution < 1.29 is 4.74 Å². The van der Waals surface area contributed by atoms with Crippen molar-refractivity contribution in [3.05, 3.63) is 45.9 Å². The maximum atomic E-state index is 5.82. The molecule has 0 fully saturated rings. The number of thiazole rings is 1. The quantitative estimate of drug-likeness (QED) is 0.871. The van der Waals surface area contributed by atoms with Gasteiger partial charge >= 0.3 is 0 Å². The first-order valence-corrected chi connectivity index (χ1v) is 7.05. The Kier molecular flexibility index (Phi) is 4.73. The molecule has 0 bridgehead atoms. The summed E-state index contributed by atoms with van der Waals surface area (Å²) in [6.07, 6.45) is 1.81. The number of rotatable bonds is 6. The Morgan fingerprint density at radius 1 is 1.33 bits per heavy atom. The second-order valence-electron chi connectivity index (χ2n) is 4.02. The lowest BCUT2D eigenvalue weighted by molar-refractivity contribution is 0.302. The molecule has 0 amide bonds. The maximum Gasteiger partial charge on any atom is 0.140 e. The minimum Gasteiger partial charge on any atom is -0.486 e. The van der Waals surface area contributed by atoms with Crippen molar-refractivity contribution in [2.24, 2.45) is 5.73 Å². The van der Waals surface area contributed by atoms with Crippen LogP contribution in [-0.4, -0.2) is 11.5 Å². The zero-order valence-electron chi connectivity index (χ0n) is 10.6. The predicted molar refractivity (Wildman–Crippen MR) is 75.0 cm³/mol. The molecule has 0 radical (unpaired) electrons. The lowest BCUT2D eigenvalue weighted by Gasteiger charge is -2.08. The highest BCUT2D eigenvalue weighted by Crippen LogP contribution is 2.20. The molecule has 0 aliphatic heterocycles. The monoisotopic (exact) mass is 262 g/mol. The van der Waals surface area contributed by atoms with Crippen molar-refractivity contribution in [1.29, 1.82) is 0 Å². The Bertz CT molecular complexity index is 496. The molecule has 2 N–H and O–H groups in total. The summed E-state index contributed by atoms with van der Waals surface area (Å²) in [5.74, 6) is 0.954. The first-order valence-electron chi connectivity index (χ1n) is 6.17. The van der Waals surface area contributed by atoms with E-state index in [1.165, 1.54) is 5.56 Å². The van der Waals surface area contributed by atoms with Crippen molar-refractivity contribution in [2.45, 2.75) is 26.4 Å². The number of ether oxygens (including phenoxy) is 1. The van der Waals surface area contributed by atoms with Crippen molar-refractivity contribution in [1.82, 2.24) is 4.98 Å². The fourth-order valence-electron chi connectivity index (χ4n) is 1.75. The van der Waals surface area contributed by atoms with E-state index in [-0.39, 0.29) is 0 Å². The fraction of sp³-hybridized carbons (Fsp3) is 0.357. The number of aromatic nitrogens is 1. The van der Waals surface area contributed by atoms with E-state index in [2.05, 4.69) is 23.4 Å². The molecule has 4 heteroatoms. The Labute approximate surface area is 112 Å². The molecule has 1 aromatic heterocycles. The molecule has 0 spiro atoms. The van der Waals surface area contributed by atoms with Gasteiger partial charge in [-0.2, -0.15) is 0 Å². The summed E-state index contributed by atoms with van der Waals surface area (Å²) in [6, 6.07) is 8.13. The lowest BCUT2D eigenvalue weighted by atomic mass is 10.1. The molecule has 1 heterocycles. The third kappa shape index (κ3) is 3.31. The van der Waals surface area contributed by atoms with Crippen LogP contribution in [0, 0.1) is 0 Å². The Morgan fingerprint density at radius 2 is 2.17 bits per heavy atom. The van der Waals surface area contributed by atoms with Crippen LogP contribution in [0.25, 0.3) is 0 Å². The van der Waals surface area contributed by atoms with E-state index >= 15 is 0 Å². The van der Waals surface area contributed by atoms with Gasteiger partial charge in [0.25, 0.3) is 0 Å². The van der Waals surface area contributed by atoms with Gasteiger partial charge in [-0.05, 0) is 24.6 Å². The minimum absolute atomic E-state index is 0.534. The molecule has 3 nitrogen and oxygen atoms in total. The molecule has 2 aromatic rings. The number of nitrogens with two attached hydrogens (primary N) is 1. The highest BCUT2D eigenvalue weighted by atomic mass is 32.1. The number of hydrogen-bond donors (Lipinski definition) is 1. The molecule has 0 aliphatic carbocycles. The zero-order valence-corrected chi connectivity index (χ0v) is 11.4. The van der Waals surface area contributed by atoms with Crippen molar-refractivity contribution in [2.75, 3.05) is 6.54 Å². The summed E-state index contributed by atoms with van der Waals surface area (Å²) in [6.45, 7) is 3.31. The summed E-state index contributed by atoms with van der Waals surface area (Å²) in [5.41, 5.74) is 7.80. The van der Waals surface area contributed by atoms with E-state index in [1.807, 2.05) is 18.2 Å². The number of nitrogens with zero attached hydrogens (tertiary/aromatic N) is 1. The van der Waals surface area contributed by atoms with Gasteiger partial charge in [-0.15, -0.1) is 11.3 Å². The van der Waals surface area contributed by atoms with Crippen molar-refractivity contribution in [3.8, 4) is 5.75 Å². The van der Waals surface area contributed by atoms with Crippen molar-refractivity contribution in [3.63, 3.8) is 0 Å². The molecule has 2 rings (SSSR count). The molecular formula is C14H18N2OS. The largest absolute Gasteiger partial charge is 0.486 e. The fourth-order valence-corrected chi connectivity index (χ4v) is 2.49. The lowest BCUT2D eigenvalue weighted by Crippen LogP contribution is -2.03. The van der Waals surface area contributed by atoms with Gasteiger partial charge < -0.3 is 10.5 Å². The van der Waals surface area contributed by atoms with Gasteiger partial charge in [0.1, 0.15) is 17.4 Å². The number of aryl methyl sites for hydroxylation is 1. The van der Waals surface area contributed by atoms with Crippen LogP contribution >= 0.6 is 11.3 Å². The van der Waals surface area contributed by atoms with Gasteiger partial charge in [-0.3, -0.25) is 0 Å². The molecule has 18 heavy (non-hydrogen) atoms. The molecule has 0 unspecified atom stereocenters. The standard InChI is InChI=1S/C14H18N2OS/c1-2-11-5-3-4-6-13(11)17-9-14-16-12(7-8-15)10-18-14/h3-6,10H,2,7-9,15H2,1H3. The first-order chi connectivity index (χ1) is 8.83. The number of benzene rings is 1. The van der Waals surface area contributed by atoms with E-state index in [9.17, 15) is 0 Å². The second kappa shape index (κ2) is 6.52. The summed E-state index contributed by atoms with van der Waals surface area (Å²) in [4.78, 5) is 4.48. The SMILES string of the molecule is CCc1ccccc1OCc1nc(CCN)cs1. The van der Waals surface area contributed by atoms with Crippen LogP contribution in [0.1, 0.15) is 23.2 Å². The zero-order chi connectivity index (χ0) is 12.8. The molecule has 1 aromatic carbocycles. The van der Waals surface area contributed by atoms with Gasteiger partial charge in [0.05, 0.1) is 5.69 Å². The smallest absolute Gasteiger partial charge is 0.140 e. The first kappa shape index (κ1) is 13.1. The van der Waals surface area contributed by atoms with Crippen LogP contribution in [0.5, 0.6) is 5.75 Å². The molecule has 0 saturated heterocycles. The normalized spacial score (nSPS) is 10.6. The van der Waals surface area contributed by atoms with Crippen LogP contribution < -0.4 is 10.5 Å². The third-order valence-corrected chi connectivity index (χ3v) is 3.58. The third-order valence-electron chi connectivity index (χ3n) is 2.70. The van der Waals surface area contributed by atoms with Gasteiger partial charge in [0, 0.05) is 11.8 Å². The Balaban J connectivity index is 1.97. The minimum atomic E-state index is 0.534. The van der Waals surface area contributed by atoms with Gasteiger partial charge in [0.15, 0.2) is 0 Å². The highest BCUT2D eigenvalue weighted by molar-refractivity contribution is 7.09. The average Bonchev–Trinajstić information content (AvgIpc) is 2.85. The van der Waals surface area contributed by atoms with Gasteiger partial charge in [-0.1, -0.05) is 25.1 Å². The van der Waals surface area contributed by atoms with Crippen LogP contribution in [-0.2, 0) is 19.4 Å². The average molecular weight is 262 g/mol. The molecular weight excluding hydrogens is 244 g/mol. The second-order valence-corrected chi connectivity index (χ2v) is 4.96. The van der Waals surface area contributed by atoms with Gasteiger partial charge in [0.2, 0.25) is 0 Å². The van der Waals surface area contributed by atoms with Crippen LogP contribution in [0.3, 0.4) is 0 Å². The summed E-state index contributed by atoms with van der Waals surface area (Å²) in [7, 11) is 0. The molecule has 0 atom stereocenters.